The first kappa shape index (κ1) is 50.4. The number of halogens is 3. The Bertz CT molecular complexity index is 2820. The maximum absolute atomic E-state index is 16.1. The molecule has 1 atom stereocenters. The van der Waals surface area contributed by atoms with Crippen LogP contribution in [0.1, 0.15) is 30.4 Å². The lowest BCUT2D eigenvalue weighted by Crippen LogP contribution is -2.37. The number of hydrogen-bond acceptors (Lipinski definition) is 14. The molecule has 0 radical (unpaired) electrons. The van der Waals surface area contributed by atoms with Gasteiger partial charge in [0.1, 0.15) is 6.54 Å². The van der Waals surface area contributed by atoms with Crippen LogP contribution in [0.2, 0.25) is 0 Å². The molecule has 2 aromatic carbocycles. The smallest absolute Gasteiger partial charge is 0.403 e. The number of aromatic amines is 1. The first-order valence-corrected chi connectivity index (χ1v) is 24.7. The summed E-state index contributed by atoms with van der Waals surface area (Å²) in [5, 5.41) is 28.7. The van der Waals surface area contributed by atoms with Crippen LogP contribution in [0, 0.1) is 32.7 Å². The third-order valence-electron chi connectivity index (χ3n) is 11.4. The molecule has 20 heteroatoms. The summed E-state index contributed by atoms with van der Waals surface area (Å²) in [7, 11) is 3.90. The number of nitrogens with zero attached hydrogens (tertiary/aromatic N) is 7. The van der Waals surface area contributed by atoms with Gasteiger partial charge >= 0.3 is 12.0 Å². The van der Waals surface area contributed by atoms with Crippen LogP contribution in [-0.4, -0.2) is 101 Å². The fraction of sp³-hybridized carbons (Fsp3) is 0.375. The summed E-state index contributed by atoms with van der Waals surface area (Å²) in [5.74, 6) is -0.453. The highest BCUT2D eigenvalue weighted by Gasteiger charge is 2.24. The predicted molar refractivity (Wildman–Crippen MR) is 281 cm³/mol. The Morgan fingerprint density at radius 2 is 1.56 bits per heavy atom. The van der Waals surface area contributed by atoms with Crippen molar-refractivity contribution in [1.82, 2.24) is 34.2 Å². The van der Waals surface area contributed by atoms with Crippen molar-refractivity contribution in [2.24, 2.45) is 5.92 Å². The zero-order valence-electron chi connectivity index (χ0n) is 38.7. The number of nitrogens with one attached hydrogen (secondary N) is 5. The van der Waals surface area contributed by atoms with Gasteiger partial charge in [0.15, 0.2) is 0 Å². The second-order valence-electron chi connectivity index (χ2n) is 16.8. The third kappa shape index (κ3) is 13.6. The Kier molecular flexibility index (Phi) is 18.0. The lowest BCUT2D eigenvalue weighted by molar-refractivity contribution is -0.438. The van der Waals surface area contributed by atoms with E-state index in [1.54, 1.807) is 29.1 Å². The van der Waals surface area contributed by atoms with E-state index in [9.17, 15) is 9.59 Å². The summed E-state index contributed by atoms with van der Waals surface area (Å²) in [5.41, 5.74) is 3.94. The van der Waals surface area contributed by atoms with Crippen molar-refractivity contribution >= 4 is 80.0 Å². The Labute approximate surface area is 421 Å². The van der Waals surface area contributed by atoms with Gasteiger partial charge in [0.2, 0.25) is 5.82 Å². The highest BCUT2D eigenvalue weighted by molar-refractivity contribution is 14.1. The molecule has 0 spiro atoms. The van der Waals surface area contributed by atoms with E-state index in [0.717, 1.165) is 56.6 Å². The largest absolute Gasteiger partial charge is 0.475 e. The minimum absolute atomic E-state index is 0.0198. The van der Waals surface area contributed by atoms with Gasteiger partial charge in [0.05, 0.1) is 35.7 Å². The number of allylic oxidation sites excluding steroid dienone is 1. The average molecular weight is 1160 g/mol. The number of hydrogen-bond donors (Lipinski definition) is 4. The molecule has 0 aliphatic carbocycles. The topological polar surface area (TPSA) is 187 Å². The van der Waals surface area contributed by atoms with Gasteiger partial charge in [0.25, 0.3) is 22.9 Å². The standard InChI is InChI=1S/C48H57FI2N12O5/c1-6-16-52-47-58-56-44(67-47)36-29-62(41(64)28-40(36)54-38-12-10-34(50)26-31(38)2)21-15-33(14-20-61-22-24-66-25-23-61)9-7-17-53-48-59-57-45(68-48)37-30-63(19-8-18-60(4)5)46(65)42(49)43(37)55-39-13-11-35(51)27-32(39)3/h6-7,9-13,26-30,33,54-55H,1,8,14-25H2,2-5H3,(H,52,58)(H,53,59)/p+1/b9-7+. The minimum atomic E-state index is -0.924. The maximum Gasteiger partial charge on any atom is 0.475 e. The lowest BCUT2D eigenvalue weighted by Gasteiger charge is -2.27. The van der Waals surface area contributed by atoms with Gasteiger partial charge in [-0.05, 0) is 170 Å². The highest BCUT2D eigenvalue weighted by atomic mass is 127. The monoisotopic (exact) mass is 1160 g/mol. The number of ether oxygens (including phenoxy) is 1. The summed E-state index contributed by atoms with van der Waals surface area (Å²) in [4.78, 5) is 31.5. The second kappa shape index (κ2) is 24.2. The van der Waals surface area contributed by atoms with Crippen LogP contribution in [0.25, 0.3) is 22.9 Å². The summed E-state index contributed by atoms with van der Waals surface area (Å²) in [6, 6.07) is 13.9. The fourth-order valence-electron chi connectivity index (χ4n) is 7.70. The summed E-state index contributed by atoms with van der Waals surface area (Å²) in [6.45, 7) is 14.0. The first-order chi connectivity index (χ1) is 32.8. The minimum Gasteiger partial charge on any atom is -0.403 e. The van der Waals surface area contributed by atoms with E-state index in [2.05, 4.69) is 110 Å². The number of pyridine rings is 2. The second-order valence-corrected chi connectivity index (χ2v) is 19.3. The van der Waals surface area contributed by atoms with Crippen molar-refractivity contribution in [3.05, 3.63) is 124 Å². The van der Waals surface area contributed by atoms with Gasteiger partial charge in [0, 0.05) is 69.7 Å². The molecule has 4 aromatic heterocycles. The molecule has 360 valence electrons. The van der Waals surface area contributed by atoms with E-state index >= 15 is 4.39 Å². The highest BCUT2D eigenvalue weighted by Crippen LogP contribution is 2.34. The molecule has 7 rings (SSSR count). The molecule has 0 bridgehead atoms. The van der Waals surface area contributed by atoms with Gasteiger partial charge in [-0.3, -0.25) is 14.5 Å². The fourth-order valence-corrected chi connectivity index (χ4v) is 8.99. The SMILES string of the molecule is C=CCNc1nnc(-c2cn(CCC(/C=C/CNc3[nH+]nc(-c4cn(CCCN(C)C)c(=O)c(F)c4Nc4ccc(I)cc4C)o3)CCN3CCOCC3)c(=O)cc2Nc2ccc(I)cc2C)o1. The Hall–Kier alpha value is -5.43. The predicted octanol–water partition coefficient (Wildman–Crippen LogP) is 7.93. The van der Waals surface area contributed by atoms with Crippen LogP contribution >= 0.6 is 45.2 Å². The number of H-pyrrole nitrogens is 1. The number of rotatable bonds is 23. The first-order valence-electron chi connectivity index (χ1n) is 22.5. The van der Waals surface area contributed by atoms with Crippen LogP contribution in [0.15, 0.2) is 98.1 Å². The molecule has 5 N–H and O–H groups in total. The van der Waals surface area contributed by atoms with Crippen LogP contribution in [0.4, 0.5) is 39.2 Å². The Balaban J connectivity index is 1.09. The molecule has 5 heterocycles. The molecule has 0 saturated carbocycles. The van der Waals surface area contributed by atoms with Crippen LogP contribution < -0.4 is 37.5 Å². The van der Waals surface area contributed by atoms with Gasteiger partial charge in [-0.25, -0.2) is 5.32 Å². The van der Waals surface area contributed by atoms with Gasteiger partial charge < -0.3 is 43.6 Å². The molecule has 68 heavy (non-hydrogen) atoms. The Morgan fingerprint density at radius 1 is 0.853 bits per heavy atom. The van der Waals surface area contributed by atoms with Crippen molar-refractivity contribution < 1.29 is 23.1 Å². The van der Waals surface area contributed by atoms with Crippen molar-refractivity contribution in [3.8, 4) is 22.9 Å². The van der Waals surface area contributed by atoms with E-state index in [4.69, 9.17) is 13.6 Å². The molecule has 17 nitrogen and oxygen atoms in total. The van der Waals surface area contributed by atoms with Gasteiger partial charge in [-0.15, -0.1) is 16.8 Å². The third-order valence-corrected chi connectivity index (χ3v) is 12.8. The van der Waals surface area contributed by atoms with Gasteiger partial charge in [-0.2, -0.15) is 4.39 Å². The molecule has 1 saturated heterocycles. The molecule has 1 unspecified atom stereocenters. The average Bonchev–Trinajstić information content (AvgIpc) is 4.00. The number of aryl methyl sites for hydroxylation is 4. The van der Waals surface area contributed by atoms with Gasteiger partial charge in [-0.1, -0.05) is 17.3 Å². The van der Waals surface area contributed by atoms with Crippen LogP contribution in [0.5, 0.6) is 0 Å². The van der Waals surface area contributed by atoms with Crippen LogP contribution in [-0.2, 0) is 17.8 Å². The zero-order valence-corrected chi connectivity index (χ0v) is 43.0. The molecule has 1 fully saturated rings. The zero-order chi connectivity index (χ0) is 48.2. The normalized spacial score (nSPS) is 13.6. The Morgan fingerprint density at radius 3 is 2.26 bits per heavy atom. The van der Waals surface area contributed by atoms with Crippen molar-refractivity contribution in [1.29, 1.82) is 0 Å². The van der Waals surface area contributed by atoms with Crippen LogP contribution in [0.3, 0.4) is 0 Å². The van der Waals surface area contributed by atoms with Crippen molar-refractivity contribution in [2.75, 3.05) is 87.8 Å². The molecule has 1 aliphatic heterocycles. The molecule has 1 aliphatic rings. The van der Waals surface area contributed by atoms with E-state index in [-0.39, 0.29) is 41.0 Å². The molecular weight excluding hydrogens is 1100 g/mol. The number of aromatic nitrogens is 6. The van der Waals surface area contributed by atoms with Crippen molar-refractivity contribution in [3.63, 3.8) is 0 Å². The summed E-state index contributed by atoms with van der Waals surface area (Å²) < 4.78 is 39.0. The molecule has 6 aromatic rings. The van der Waals surface area contributed by atoms with E-state index < -0.39 is 11.4 Å². The van der Waals surface area contributed by atoms with Crippen molar-refractivity contribution in [2.45, 2.75) is 46.2 Å². The number of benzene rings is 2. The maximum atomic E-state index is 16.1. The van der Waals surface area contributed by atoms with E-state index in [1.807, 2.05) is 69.3 Å². The molecular formula is C48H58FI2N12O5+. The number of anilines is 6. The van der Waals surface area contributed by atoms with E-state index in [0.29, 0.717) is 74.7 Å². The quantitative estimate of drug-likeness (QED) is 0.0358. The number of morpholine rings is 1. The lowest BCUT2D eigenvalue weighted by atomic mass is 10.00. The summed E-state index contributed by atoms with van der Waals surface area (Å²) >= 11 is 4.50. The summed E-state index contributed by atoms with van der Waals surface area (Å²) in [6.07, 6.45) is 11.4. The van der Waals surface area contributed by atoms with E-state index in [1.165, 1.54) is 4.57 Å². The molecule has 0 amide bonds.